The van der Waals surface area contributed by atoms with Crippen LogP contribution in [0.1, 0.15) is 44.6 Å². The number of rotatable bonds is 3. The van der Waals surface area contributed by atoms with Crippen molar-refractivity contribution in [1.29, 1.82) is 0 Å². The number of nitrogens with one attached hydrogen (secondary N) is 1. The molecule has 1 aromatic carbocycles. The van der Waals surface area contributed by atoms with Gasteiger partial charge in [0.2, 0.25) is 0 Å². The van der Waals surface area contributed by atoms with Crippen molar-refractivity contribution in [3.05, 3.63) is 28.8 Å². The molecule has 0 amide bonds. The van der Waals surface area contributed by atoms with Gasteiger partial charge in [-0.25, -0.2) is 0 Å². The summed E-state index contributed by atoms with van der Waals surface area (Å²) in [6.07, 6.45) is 6.44. The molecule has 2 unspecified atom stereocenters. The van der Waals surface area contributed by atoms with Crippen molar-refractivity contribution < 1.29 is 5.11 Å². The molecule has 1 fully saturated rings. The number of aromatic hydroxyl groups is 1. The van der Waals surface area contributed by atoms with E-state index in [-0.39, 0.29) is 5.75 Å². The van der Waals surface area contributed by atoms with Gasteiger partial charge < -0.3 is 10.4 Å². The molecule has 1 aliphatic rings. The molecule has 0 aliphatic heterocycles. The molecule has 2 rings (SSSR count). The average Bonchev–Trinajstić information content (AvgIpc) is 2.56. The zero-order valence-electron chi connectivity index (χ0n) is 11.0. The number of hydrogen-bond acceptors (Lipinski definition) is 2. The van der Waals surface area contributed by atoms with Crippen LogP contribution in [0, 0.1) is 5.92 Å². The Morgan fingerprint density at radius 3 is 2.94 bits per heavy atom. The highest BCUT2D eigenvalue weighted by atomic mass is 35.5. The van der Waals surface area contributed by atoms with Crippen molar-refractivity contribution in [2.45, 2.75) is 51.6 Å². The molecule has 2 nitrogen and oxygen atoms in total. The van der Waals surface area contributed by atoms with Gasteiger partial charge in [0.25, 0.3) is 0 Å². The summed E-state index contributed by atoms with van der Waals surface area (Å²) >= 11 is 5.90. The van der Waals surface area contributed by atoms with Crippen LogP contribution in [0.2, 0.25) is 5.02 Å². The third-order valence-electron chi connectivity index (χ3n) is 3.91. The number of hydrogen-bond donors (Lipinski definition) is 2. The van der Waals surface area contributed by atoms with Gasteiger partial charge in [0.1, 0.15) is 5.75 Å². The van der Waals surface area contributed by atoms with Crippen LogP contribution in [-0.2, 0) is 6.54 Å². The molecular weight excluding hydrogens is 246 g/mol. The SMILES string of the molecule is CC1CCCC(NCc2cccc(Cl)c2O)CC1. The Bertz CT molecular complexity index is 394. The number of halogens is 1. The van der Waals surface area contributed by atoms with Gasteiger partial charge in [-0.3, -0.25) is 0 Å². The zero-order chi connectivity index (χ0) is 13.0. The molecule has 18 heavy (non-hydrogen) atoms. The first-order valence-electron chi connectivity index (χ1n) is 6.86. The molecule has 2 N–H and O–H groups in total. The van der Waals surface area contributed by atoms with Gasteiger partial charge in [0.05, 0.1) is 5.02 Å². The van der Waals surface area contributed by atoms with Crippen molar-refractivity contribution in [1.82, 2.24) is 5.32 Å². The number of phenols is 1. The van der Waals surface area contributed by atoms with Gasteiger partial charge in [0.15, 0.2) is 0 Å². The van der Waals surface area contributed by atoms with Crippen LogP contribution < -0.4 is 5.32 Å². The second-order valence-corrected chi connectivity index (χ2v) is 5.85. The highest BCUT2D eigenvalue weighted by Crippen LogP contribution is 2.27. The van der Waals surface area contributed by atoms with Crippen LogP contribution in [0.25, 0.3) is 0 Å². The van der Waals surface area contributed by atoms with Crippen molar-refractivity contribution in [2.24, 2.45) is 5.92 Å². The maximum absolute atomic E-state index is 9.85. The lowest BCUT2D eigenvalue weighted by atomic mass is 10.0. The first kappa shape index (κ1) is 13.7. The van der Waals surface area contributed by atoms with Crippen molar-refractivity contribution in [3.8, 4) is 5.75 Å². The number of para-hydroxylation sites is 1. The summed E-state index contributed by atoms with van der Waals surface area (Å²) in [6, 6.07) is 6.10. The van der Waals surface area contributed by atoms with E-state index in [1.807, 2.05) is 12.1 Å². The summed E-state index contributed by atoms with van der Waals surface area (Å²) in [4.78, 5) is 0. The van der Waals surface area contributed by atoms with E-state index in [1.165, 1.54) is 32.1 Å². The van der Waals surface area contributed by atoms with Crippen LogP contribution in [0.4, 0.5) is 0 Å². The Labute approximate surface area is 114 Å². The molecule has 0 saturated heterocycles. The monoisotopic (exact) mass is 267 g/mol. The minimum Gasteiger partial charge on any atom is -0.506 e. The standard InChI is InChI=1S/C15H22ClNO/c1-11-4-2-6-13(9-8-11)17-10-12-5-3-7-14(16)15(12)18/h3,5,7,11,13,17-18H,2,4,6,8-10H2,1H3. The Hall–Kier alpha value is -0.730. The lowest BCUT2D eigenvalue weighted by molar-refractivity contribution is 0.432. The van der Waals surface area contributed by atoms with Gasteiger partial charge in [-0.2, -0.15) is 0 Å². The van der Waals surface area contributed by atoms with E-state index in [1.54, 1.807) is 6.07 Å². The molecule has 0 aromatic heterocycles. The predicted molar refractivity (Wildman–Crippen MR) is 76.0 cm³/mol. The lowest BCUT2D eigenvalue weighted by Crippen LogP contribution is -2.28. The van der Waals surface area contributed by atoms with E-state index in [0.29, 0.717) is 17.6 Å². The maximum atomic E-state index is 9.85. The zero-order valence-corrected chi connectivity index (χ0v) is 11.7. The van der Waals surface area contributed by atoms with E-state index in [4.69, 9.17) is 11.6 Å². The van der Waals surface area contributed by atoms with Crippen LogP contribution in [0.15, 0.2) is 18.2 Å². The quantitative estimate of drug-likeness (QED) is 0.808. The van der Waals surface area contributed by atoms with Crippen LogP contribution >= 0.6 is 11.6 Å². The summed E-state index contributed by atoms with van der Waals surface area (Å²) < 4.78 is 0. The van der Waals surface area contributed by atoms with Crippen LogP contribution in [0.3, 0.4) is 0 Å². The number of phenolic OH excluding ortho intramolecular Hbond substituents is 1. The molecule has 1 saturated carbocycles. The molecule has 0 spiro atoms. The van der Waals surface area contributed by atoms with Crippen molar-refractivity contribution in [3.63, 3.8) is 0 Å². The fourth-order valence-electron chi connectivity index (χ4n) is 2.65. The van der Waals surface area contributed by atoms with E-state index >= 15 is 0 Å². The Morgan fingerprint density at radius 2 is 2.11 bits per heavy atom. The molecule has 100 valence electrons. The normalized spacial score (nSPS) is 24.8. The molecular formula is C15H22ClNO. The molecule has 3 heteroatoms. The van der Waals surface area contributed by atoms with E-state index in [2.05, 4.69) is 12.2 Å². The van der Waals surface area contributed by atoms with Gasteiger partial charge in [-0.15, -0.1) is 0 Å². The van der Waals surface area contributed by atoms with Crippen LogP contribution in [-0.4, -0.2) is 11.1 Å². The maximum Gasteiger partial charge on any atom is 0.138 e. The van der Waals surface area contributed by atoms with E-state index < -0.39 is 0 Å². The summed E-state index contributed by atoms with van der Waals surface area (Å²) in [6.45, 7) is 3.04. The highest BCUT2D eigenvalue weighted by Gasteiger charge is 2.16. The first-order chi connectivity index (χ1) is 8.66. The average molecular weight is 268 g/mol. The topological polar surface area (TPSA) is 32.3 Å². The molecule has 1 aromatic rings. The van der Waals surface area contributed by atoms with Gasteiger partial charge in [-0.1, -0.05) is 43.5 Å². The second-order valence-electron chi connectivity index (χ2n) is 5.44. The Morgan fingerprint density at radius 1 is 1.28 bits per heavy atom. The Balaban J connectivity index is 1.89. The minimum atomic E-state index is 0.216. The fraction of sp³-hybridized carbons (Fsp3) is 0.600. The summed E-state index contributed by atoms with van der Waals surface area (Å²) in [5.41, 5.74) is 0.889. The highest BCUT2D eigenvalue weighted by molar-refractivity contribution is 6.32. The molecule has 0 heterocycles. The summed E-state index contributed by atoms with van der Waals surface area (Å²) in [5, 5.41) is 13.8. The number of benzene rings is 1. The predicted octanol–water partition coefficient (Wildman–Crippen LogP) is 4.10. The molecule has 2 atom stereocenters. The summed E-state index contributed by atoms with van der Waals surface area (Å²) in [5.74, 6) is 1.07. The van der Waals surface area contributed by atoms with Gasteiger partial charge in [-0.05, 0) is 31.2 Å². The summed E-state index contributed by atoms with van der Waals surface area (Å²) in [7, 11) is 0. The van der Waals surface area contributed by atoms with E-state index in [0.717, 1.165) is 11.5 Å². The smallest absolute Gasteiger partial charge is 0.138 e. The fourth-order valence-corrected chi connectivity index (χ4v) is 2.84. The largest absolute Gasteiger partial charge is 0.506 e. The first-order valence-corrected chi connectivity index (χ1v) is 7.24. The minimum absolute atomic E-state index is 0.216. The molecule has 0 bridgehead atoms. The third kappa shape index (κ3) is 3.63. The molecule has 1 aliphatic carbocycles. The molecule has 0 radical (unpaired) electrons. The van der Waals surface area contributed by atoms with Gasteiger partial charge >= 0.3 is 0 Å². The third-order valence-corrected chi connectivity index (χ3v) is 4.21. The van der Waals surface area contributed by atoms with Gasteiger partial charge in [0, 0.05) is 18.2 Å². The Kier molecular flexibility index (Phi) is 4.90. The van der Waals surface area contributed by atoms with Crippen molar-refractivity contribution in [2.75, 3.05) is 0 Å². The van der Waals surface area contributed by atoms with Crippen molar-refractivity contribution >= 4 is 11.6 Å². The lowest BCUT2D eigenvalue weighted by Gasteiger charge is -2.17. The second kappa shape index (κ2) is 6.44. The van der Waals surface area contributed by atoms with E-state index in [9.17, 15) is 5.11 Å². The van der Waals surface area contributed by atoms with Crippen LogP contribution in [0.5, 0.6) is 5.75 Å².